The van der Waals surface area contributed by atoms with Crippen molar-refractivity contribution in [3.05, 3.63) is 50.4 Å². The summed E-state index contributed by atoms with van der Waals surface area (Å²) in [6.07, 6.45) is 0.866. The van der Waals surface area contributed by atoms with Crippen molar-refractivity contribution < 1.29 is 14.3 Å². The predicted octanol–water partition coefficient (Wildman–Crippen LogP) is 5.81. The quantitative estimate of drug-likeness (QED) is 0.626. The van der Waals surface area contributed by atoms with Gasteiger partial charge >= 0.3 is 0 Å². The van der Waals surface area contributed by atoms with E-state index in [1.807, 2.05) is 6.92 Å². The molecule has 0 spiro atoms. The summed E-state index contributed by atoms with van der Waals surface area (Å²) in [6.45, 7) is 2.57. The van der Waals surface area contributed by atoms with Gasteiger partial charge in [-0.05, 0) is 46.6 Å². The minimum absolute atomic E-state index is 0.293. The SMILES string of the molecule is CCCOc1c(Br)cc(C(=O)Nc2cccc(Cl)c2Cl)cc1OC. The monoisotopic (exact) mass is 431 g/mol. The highest BCUT2D eigenvalue weighted by Crippen LogP contribution is 2.37. The molecule has 2 aromatic rings. The molecule has 0 saturated heterocycles. The van der Waals surface area contributed by atoms with E-state index in [2.05, 4.69) is 21.2 Å². The molecule has 0 bridgehead atoms. The summed E-state index contributed by atoms with van der Waals surface area (Å²) < 4.78 is 11.6. The van der Waals surface area contributed by atoms with Gasteiger partial charge in [0.25, 0.3) is 5.91 Å². The molecule has 0 aromatic heterocycles. The second kappa shape index (κ2) is 8.60. The normalized spacial score (nSPS) is 10.4. The van der Waals surface area contributed by atoms with E-state index >= 15 is 0 Å². The van der Waals surface area contributed by atoms with Gasteiger partial charge < -0.3 is 14.8 Å². The lowest BCUT2D eigenvalue weighted by Gasteiger charge is -2.14. The molecule has 128 valence electrons. The number of rotatable bonds is 6. The average Bonchev–Trinajstić information content (AvgIpc) is 2.57. The lowest BCUT2D eigenvalue weighted by atomic mass is 10.1. The molecule has 0 aliphatic heterocycles. The molecule has 2 aromatic carbocycles. The van der Waals surface area contributed by atoms with Crippen LogP contribution in [-0.2, 0) is 0 Å². The molecule has 1 N–H and O–H groups in total. The van der Waals surface area contributed by atoms with E-state index in [0.29, 0.717) is 43.9 Å². The molecule has 7 heteroatoms. The summed E-state index contributed by atoms with van der Waals surface area (Å²) in [5.74, 6) is 0.706. The van der Waals surface area contributed by atoms with Crippen LogP contribution in [0.4, 0.5) is 5.69 Å². The number of anilines is 1. The van der Waals surface area contributed by atoms with Crippen LogP contribution in [0.2, 0.25) is 10.0 Å². The number of hydrogen-bond acceptors (Lipinski definition) is 3. The van der Waals surface area contributed by atoms with E-state index in [0.717, 1.165) is 6.42 Å². The van der Waals surface area contributed by atoms with Gasteiger partial charge in [0.05, 0.1) is 33.9 Å². The largest absolute Gasteiger partial charge is 0.493 e. The fraction of sp³-hybridized carbons (Fsp3) is 0.235. The van der Waals surface area contributed by atoms with Crippen molar-refractivity contribution in [2.24, 2.45) is 0 Å². The fourth-order valence-electron chi connectivity index (χ4n) is 1.99. The third kappa shape index (κ3) is 4.35. The summed E-state index contributed by atoms with van der Waals surface area (Å²) in [7, 11) is 1.52. The minimum Gasteiger partial charge on any atom is -0.493 e. The van der Waals surface area contributed by atoms with Crippen molar-refractivity contribution in [2.75, 3.05) is 19.0 Å². The minimum atomic E-state index is -0.333. The van der Waals surface area contributed by atoms with Crippen molar-refractivity contribution in [2.45, 2.75) is 13.3 Å². The summed E-state index contributed by atoms with van der Waals surface area (Å²) in [6, 6.07) is 8.32. The third-order valence-electron chi connectivity index (χ3n) is 3.14. The molecule has 24 heavy (non-hydrogen) atoms. The Hall–Kier alpha value is -1.43. The Labute approximate surface area is 159 Å². The van der Waals surface area contributed by atoms with Gasteiger partial charge in [0.2, 0.25) is 0 Å². The number of amides is 1. The van der Waals surface area contributed by atoms with Gasteiger partial charge in [0.15, 0.2) is 11.5 Å². The van der Waals surface area contributed by atoms with Crippen molar-refractivity contribution >= 4 is 50.7 Å². The molecule has 0 heterocycles. The molecule has 0 radical (unpaired) electrons. The van der Waals surface area contributed by atoms with Crippen molar-refractivity contribution in [1.29, 1.82) is 0 Å². The van der Waals surface area contributed by atoms with Crippen molar-refractivity contribution in [3.8, 4) is 11.5 Å². The third-order valence-corrected chi connectivity index (χ3v) is 4.55. The lowest BCUT2D eigenvalue weighted by Crippen LogP contribution is -2.13. The Balaban J connectivity index is 2.29. The number of nitrogens with one attached hydrogen (secondary N) is 1. The molecule has 1 amide bonds. The summed E-state index contributed by atoms with van der Waals surface area (Å²) in [4.78, 5) is 12.5. The Morgan fingerprint density at radius 2 is 2.04 bits per heavy atom. The number of ether oxygens (including phenoxy) is 2. The summed E-state index contributed by atoms with van der Waals surface area (Å²) in [5.41, 5.74) is 0.842. The van der Waals surface area contributed by atoms with Crippen LogP contribution in [0.1, 0.15) is 23.7 Å². The molecular weight excluding hydrogens is 417 g/mol. The van der Waals surface area contributed by atoms with Gasteiger partial charge in [0.1, 0.15) is 0 Å². The maximum atomic E-state index is 12.5. The maximum absolute atomic E-state index is 12.5. The molecule has 4 nitrogen and oxygen atoms in total. The maximum Gasteiger partial charge on any atom is 0.255 e. The first-order valence-electron chi connectivity index (χ1n) is 7.23. The van der Waals surface area contributed by atoms with E-state index in [-0.39, 0.29) is 5.91 Å². The Kier molecular flexibility index (Phi) is 6.78. The standard InChI is InChI=1S/C17H16BrCl2NO3/c1-3-7-24-16-11(18)8-10(9-14(16)23-2)17(22)21-13-6-4-5-12(19)15(13)20/h4-6,8-9H,3,7H2,1-2H3,(H,21,22). The van der Waals surface area contributed by atoms with E-state index in [1.54, 1.807) is 30.3 Å². The smallest absolute Gasteiger partial charge is 0.255 e. The van der Waals surface area contributed by atoms with Crippen LogP contribution in [0.25, 0.3) is 0 Å². The number of methoxy groups -OCH3 is 1. The van der Waals surface area contributed by atoms with Crippen LogP contribution in [0, 0.1) is 0 Å². The van der Waals surface area contributed by atoms with Crippen LogP contribution in [-0.4, -0.2) is 19.6 Å². The zero-order valence-electron chi connectivity index (χ0n) is 13.2. The fourth-order valence-corrected chi connectivity index (χ4v) is 2.89. The first-order chi connectivity index (χ1) is 11.5. The van der Waals surface area contributed by atoms with Gasteiger partial charge in [-0.3, -0.25) is 4.79 Å². The van der Waals surface area contributed by atoms with Crippen molar-refractivity contribution in [1.82, 2.24) is 0 Å². The highest BCUT2D eigenvalue weighted by Gasteiger charge is 2.17. The van der Waals surface area contributed by atoms with Gasteiger partial charge in [0, 0.05) is 5.56 Å². The molecule has 0 saturated carbocycles. The average molecular weight is 433 g/mol. The van der Waals surface area contributed by atoms with E-state index in [1.165, 1.54) is 7.11 Å². The number of hydrogen-bond donors (Lipinski definition) is 1. The van der Waals surface area contributed by atoms with E-state index in [9.17, 15) is 4.79 Å². The second-order valence-electron chi connectivity index (χ2n) is 4.89. The first kappa shape index (κ1) is 18.9. The molecule has 2 rings (SSSR count). The van der Waals surface area contributed by atoms with Crippen LogP contribution in [0.3, 0.4) is 0 Å². The van der Waals surface area contributed by atoms with Gasteiger partial charge in [-0.2, -0.15) is 0 Å². The van der Waals surface area contributed by atoms with Crippen LogP contribution in [0.5, 0.6) is 11.5 Å². The van der Waals surface area contributed by atoms with Gasteiger partial charge in [-0.15, -0.1) is 0 Å². The number of carbonyl (C=O) groups excluding carboxylic acids is 1. The highest BCUT2D eigenvalue weighted by atomic mass is 79.9. The number of halogens is 3. The Morgan fingerprint density at radius 1 is 1.29 bits per heavy atom. The number of benzene rings is 2. The highest BCUT2D eigenvalue weighted by molar-refractivity contribution is 9.10. The topological polar surface area (TPSA) is 47.6 Å². The molecule has 0 aliphatic rings. The molecule has 0 atom stereocenters. The summed E-state index contributed by atoms with van der Waals surface area (Å²) >= 11 is 15.5. The van der Waals surface area contributed by atoms with E-state index in [4.69, 9.17) is 32.7 Å². The zero-order valence-corrected chi connectivity index (χ0v) is 16.3. The molecule has 0 aliphatic carbocycles. The van der Waals surface area contributed by atoms with Gasteiger partial charge in [-0.25, -0.2) is 0 Å². The number of carbonyl (C=O) groups is 1. The predicted molar refractivity (Wildman–Crippen MR) is 101 cm³/mol. The first-order valence-corrected chi connectivity index (χ1v) is 8.78. The van der Waals surface area contributed by atoms with Crippen LogP contribution < -0.4 is 14.8 Å². The molecule has 0 unspecified atom stereocenters. The second-order valence-corrected chi connectivity index (χ2v) is 6.53. The van der Waals surface area contributed by atoms with Gasteiger partial charge in [-0.1, -0.05) is 36.2 Å². The Morgan fingerprint density at radius 3 is 2.71 bits per heavy atom. The molecule has 0 fully saturated rings. The summed E-state index contributed by atoms with van der Waals surface area (Å²) in [5, 5.41) is 3.40. The van der Waals surface area contributed by atoms with Crippen LogP contribution >= 0.6 is 39.1 Å². The Bertz CT molecular complexity index is 753. The van der Waals surface area contributed by atoms with Crippen molar-refractivity contribution in [3.63, 3.8) is 0 Å². The molecular formula is C17H16BrCl2NO3. The van der Waals surface area contributed by atoms with Crippen LogP contribution in [0.15, 0.2) is 34.8 Å². The zero-order chi connectivity index (χ0) is 17.7. The lowest BCUT2D eigenvalue weighted by molar-refractivity contribution is 0.102. The van der Waals surface area contributed by atoms with E-state index < -0.39 is 0 Å².